The van der Waals surface area contributed by atoms with E-state index in [1.54, 1.807) is 0 Å². The summed E-state index contributed by atoms with van der Waals surface area (Å²) in [6, 6.07) is 1.10. The van der Waals surface area contributed by atoms with Gasteiger partial charge in [0, 0.05) is 13.1 Å². The fraction of sp³-hybridized carbons (Fsp3) is 0.455. The molecule has 5 nitrogen and oxygen atoms in total. The van der Waals surface area contributed by atoms with Crippen molar-refractivity contribution in [2.45, 2.75) is 19.3 Å². The van der Waals surface area contributed by atoms with Crippen LogP contribution in [0.25, 0.3) is 0 Å². The molecule has 0 unspecified atom stereocenters. The number of aromatic nitrogens is 1. The highest BCUT2D eigenvalue weighted by atomic mass is 19.1. The number of anilines is 1. The van der Waals surface area contributed by atoms with E-state index >= 15 is 0 Å². The van der Waals surface area contributed by atoms with Crippen molar-refractivity contribution in [3.05, 3.63) is 23.6 Å². The van der Waals surface area contributed by atoms with Crippen LogP contribution in [0.15, 0.2) is 12.3 Å². The number of piperidine rings is 1. The van der Waals surface area contributed by atoms with Crippen LogP contribution in [0.1, 0.15) is 29.6 Å². The molecule has 92 valence electrons. The van der Waals surface area contributed by atoms with E-state index in [1.165, 1.54) is 6.42 Å². The van der Waals surface area contributed by atoms with Crippen molar-refractivity contribution in [3.8, 4) is 0 Å². The first kappa shape index (κ1) is 11.8. The lowest BCUT2D eigenvalue weighted by atomic mass is 10.2. The van der Waals surface area contributed by atoms with Crippen molar-refractivity contribution >= 4 is 11.7 Å². The summed E-state index contributed by atoms with van der Waals surface area (Å²) in [6.45, 7) is 1.63. The van der Waals surface area contributed by atoms with Crippen LogP contribution in [0.5, 0.6) is 0 Å². The number of nitrogens with one attached hydrogen (secondary N) is 1. The van der Waals surface area contributed by atoms with E-state index in [4.69, 9.17) is 5.73 Å². The third kappa shape index (κ3) is 2.91. The molecule has 0 aliphatic carbocycles. The lowest BCUT2D eigenvalue weighted by molar-refractivity contribution is 0.0750. The number of rotatable bonds is 2. The Morgan fingerprint density at radius 3 is 2.82 bits per heavy atom. The van der Waals surface area contributed by atoms with Crippen LogP contribution in [0, 0.1) is 5.82 Å². The van der Waals surface area contributed by atoms with Gasteiger partial charge in [-0.25, -0.2) is 14.4 Å². The Kier molecular flexibility index (Phi) is 3.53. The first-order valence-electron chi connectivity index (χ1n) is 5.64. The van der Waals surface area contributed by atoms with E-state index in [-0.39, 0.29) is 11.4 Å². The summed E-state index contributed by atoms with van der Waals surface area (Å²) >= 11 is 0. The Morgan fingerprint density at radius 1 is 1.41 bits per heavy atom. The molecular weight excluding hydrogens is 223 g/mol. The monoisotopic (exact) mass is 238 g/mol. The quantitative estimate of drug-likeness (QED) is 0.804. The summed E-state index contributed by atoms with van der Waals surface area (Å²) in [6.07, 6.45) is 4.28. The van der Waals surface area contributed by atoms with Crippen molar-refractivity contribution in [1.82, 2.24) is 15.4 Å². The predicted octanol–water partition coefficient (Wildman–Crippen LogP) is 0.934. The zero-order valence-corrected chi connectivity index (χ0v) is 9.45. The van der Waals surface area contributed by atoms with Gasteiger partial charge in [-0.1, -0.05) is 6.42 Å². The molecule has 17 heavy (non-hydrogen) atoms. The Labute approximate surface area is 98.8 Å². The SMILES string of the molecule is Nc1ncc(F)cc1C(=O)NN1CCCCC1. The number of amides is 1. The van der Waals surface area contributed by atoms with Gasteiger partial charge in [0.25, 0.3) is 5.91 Å². The van der Waals surface area contributed by atoms with Gasteiger partial charge in [0.15, 0.2) is 0 Å². The zero-order valence-electron chi connectivity index (χ0n) is 9.45. The third-order valence-corrected chi connectivity index (χ3v) is 2.75. The number of carbonyl (C=O) groups excluding carboxylic acids is 1. The second kappa shape index (κ2) is 5.09. The van der Waals surface area contributed by atoms with Crippen LogP contribution in [-0.2, 0) is 0 Å². The van der Waals surface area contributed by atoms with Crippen molar-refractivity contribution in [1.29, 1.82) is 0 Å². The standard InChI is InChI=1S/C11H15FN4O/c12-8-6-9(10(13)14-7-8)11(17)15-16-4-2-1-3-5-16/h6-7H,1-5H2,(H2,13,14)(H,15,17). The molecular formula is C11H15FN4O. The molecule has 1 saturated heterocycles. The molecule has 0 aromatic carbocycles. The molecule has 1 aliphatic heterocycles. The molecule has 0 saturated carbocycles. The Hall–Kier alpha value is -1.69. The molecule has 6 heteroatoms. The second-order valence-electron chi connectivity index (χ2n) is 4.07. The molecule has 0 radical (unpaired) electrons. The molecule has 1 aromatic heterocycles. The number of halogens is 1. The predicted molar refractivity (Wildman–Crippen MR) is 61.5 cm³/mol. The van der Waals surface area contributed by atoms with Gasteiger partial charge in [-0.3, -0.25) is 10.2 Å². The van der Waals surface area contributed by atoms with Crippen LogP contribution in [0.2, 0.25) is 0 Å². The number of nitrogens with zero attached hydrogens (tertiary/aromatic N) is 2. The zero-order chi connectivity index (χ0) is 12.3. The van der Waals surface area contributed by atoms with E-state index in [0.717, 1.165) is 38.2 Å². The number of carbonyl (C=O) groups is 1. The summed E-state index contributed by atoms with van der Waals surface area (Å²) in [5.74, 6) is -0.930. The largest absolute Gasteiger partial charge is 0.383 e. The maximum atomic E-state index is 13.0. The fourth-order valence-electron chi connectivity index (χ4n) is 1.84. The smallest absolute Gasteiger partial charge is 0.269 e. The summed E-state index contributed by atoms with van der Waals surface area (Å²) in [5, 5.41) is 1.83. The minimum Gasteiger partial charge on any atom is -0.383 e. The normalized spacial score (nSPS) is 16.8. The molecule has 1 amide bonds. The average molecular weight is 238 g/mol. The van der Waals surface area contributed by atoms with Crippen molar-refractivity contribution in [3.63, 3.8) is 0 Å². The van der Waals surface area contributed by atoms with E-state index in [1.807, 2.05) is 5.01 Å². The van der Waals surface area contributed by atoms with Gasteiger partial charge in [0.05, 0.1) is 11.8 Å². The van der Waals surface area contributed by atoms with E-state index in [9.17, 15) is 9.18 Å². The average Bonchev–Trinajstić information content (AvgIpc) is 2.33. The topological polar surface area (TPSA) is 71.2 Å². The van der Waals surface area contributed by atoms with Gasteiger partial charge >= 0.3 is 0 Å². The molecule has 2 heterocycles. The van der Waals surface area contributed by atoms with Crippen molar-refractivity contribution in [2.75, 3.05) is 18.8 Å². The number of hydrogen-bond acceptors (Lipinski definition) is 4. The van der Waals surface area contributed by atoms with Gasteiger partial charge in [-0.15, -0.1) is 0 Å². The molecule has 0 bridgehead atoms. The van der Waals surface area contributed by atoms with Crippen molar-refractivity contribution in [2.24, 2.45) is 0 Å². The number of hydrogen-bond donors (Lipinski definition) is 2. The van der Waals surface area contributed by atoms with Gasteiger partial charge in [0.1, 0.15) is 11.6 Å². The second-order valence-corrected chi connectivity index (χ2v) is 4.07. The van der Waals surface area contributed by atoms with Crippen LogP contribution in [0.4, 0.5) is 10.2 Å². The number of nitrogen functional groups attached to an aromatic ring is 1. The minimum atomic E-state index is -0.567. The van der Waals surface area contributed by atoms with Crippen LogP contribution in [0.3, 0.4) is 0 Å². The molecule has 0 atom stereocenters. The number of hydrazine groups is 1. The Bertz CT molecular complexity index is 418. The lowest BCUT2D eigenvalue weighted by Gasteiger charge is -2.26. The third-order valence-electron chi connectivity index (χ3n) is 2.75. The first-order valence-corrected chi connectivity index (χ1v) is 5.64. The van der Waals surface area contributed by atoms with Gasteiger partial charge in [-0.05, 0) is 18.9 Å². The fourth-order valence-corrected chi connectivity index (χ4v) is 1.84. The summed E-state index contributed by atoms with van der Waals surface area (Å²) in [5.41, 5.74) is 8.33. The van der Waals surface area contributed by atoms with Crippen LogP contribution < -0.4 is 11.2 Å². The number of nitrogens with two attached hydrogens (primary N) is 1. The maximum absolute atomic E-state index is 13.0. The summed E-state index contributed by atoms with van der Waals surface area (Å²) < 4.78 is 13.0. The Balaban J connectivity index is 2.05. The van der Waals surface area contributed by atoms with E-state index in [0.29, 0.717) is 0 Å². The molecule has 1 fully saturated rings. The van der Waals surface area contributed by atoms with Gasteiger partial charge in [0.2, 0.25) is 0 Å². The van der Waals surface area contributed by atoms with Crippen LogP contribution >= 0.6 is 0 Å². The highest BCUT2D eigenvalue weighted by Crippen LogP contribution is 2.11. The lowest BCUT2D eigenvalue weighted by Crippen LogP contribution is -2.45. The molecule has 3 N–H and O–H groups in total. The number of pyridine rings is 1. The molecule has 2 rings (SSSR count). The maximum Gasteiger partial charge on any atom is 0.269 e. The van der Waals surface area contributed by atoms with E-state index < -0.39 is 11.7 Å². The summed E-state index contributed by atoms with van der Waals surface area (Å²) in [4.78, 5) is 15.5. The van der Waals surface area contributed by atoms with Gasteiger partial charge in [-0.2, -0.15) is 0 Å². The first-order chi connectivity index (χ1) is 8.16. The van der Waals surface area contributed by atoms with Crippen molar-refractivity contribution < 1.29 is 9.18 Å². The highest BCUT2D eigenvalue weighted by molar-refractivity contribution is 5.97. The molecule has 1 aromatic rings. The van der Waals surface area contributed by atoms with Crippen LogP contribution in [-0.4, -0.2) is 29.0 Å². The molecule has 0 spiro atoms. The summed E-state index contributed by atoms with van der Waals surface area (Å²) in [7, 11) is 0. The van der Waals surface area contributed by atoms with E-state index in [2.05, 4.69) is 10.4 Å². The minimum absolute atomic E-state index is 0.0425. The highest BCUT2D eigenvalue weighted by Gasteiger charge is 2.16. The molecule has 1 aliphatic rings. The Morgan fingerprint density at radius 2 is 2.12 bits per heavy atom. The van der Waals surface area contributed by atoms with Gasteiger partial charge < -0.3 is 5.73 Å².